The van der Waals surface area contributed by atoms with Gasteiger partial charge in [-0.3, -0.25) is 0 Å². The van der Waals surface area contributed by atoms with E-state index in [1.807, 2.05) is 32.0 Å². The highest BCUT2D eigenvalue weighted by atomic mass is 16.5. The molecule has 2 aromatic rings. The molecule has 0 aliphatic carbocycles. The van der Waals surface area contributed by atoms with Gasteiger partial charge >= 0.3 is 0 Å². The van der Waals surface area contributed by atoms with E-state index >= 15 is 0 Å². The zero-order chi connectivity index (χ0) is 15.5. The predicted molar refractivity (Wildman–Crippen MR) is 85.4 cm³/mol. The van der Waals surface area contributed by atoms with Crippen molar-refractivity contribution in [2.75, 3.05) is 7.11 Å². The average Bonchev–Trinajstić information content (AvgIpc) is 2.84. The molecule has 0 bridgehead atoms. The van der Waals surface area contributed by atoms with Gasteiger partial charge in [-0.05, 0) is 31.9 Å². The molecule has 2 atom stereocenters. The summed E-state index contributed by atoms with van der Waals surface area (Å²) in [6, 6.07) is 8.13. The minimum absolute atomic E-state index is 0.507. The molecule has 2 rings (SSSR count). The normalized spacial score (nSPS) is 16.0. The standard InChI is InChI=1S/C17H26N2O2/c1-5-11-19-14-10-8-7-9-13(14)18-16(19)12-15(20)17(3,6-2)21-4/h7-10,15,20H,5-6,11-12H2,1-4H3. The van der Waals surface area contributed by atoms with E-state index in [9.17, 15) is 5.11 Å². The Morgan fingerprint density at radius 1 is 1.33 bits per heavy atom. The van der Waals surface area contributed by atoms with Crippen molar-refractivity contribution in [2.45, 2.75) is 58.3 Å². The van der Waals surface area contributed by atoms with Crippen LogP contribution in [0.4, 0.5) is 0 Å². The first-order valence-electron chi connectivity index (χ1n) is 7.73. The fourth-order valence-corrected chi connectivity index (χ4v) is 2.66. The van der Waals surface area contributed by atoms with Crippen molar-refractivity contribution in [3.63, 3.8) is 0 Å². The van der Waals surface area contributed by atoms with E-state index in [1.54, 1.807) is 7.11 Å². The topological polar surface area (TPSA) is 47.3 Å². The highest BCUT2D eigenvalue weighted by Gasteiger charge is 2.32. The summed E-state index contributed by atoms with van der Waals surface area (Å²) in [6.07, 6.45) is 1.74. The third kappa shape index (κ3) is 3.11. The van der Waals surface area contributed by atoms with Gasteiger partial charge in [0.2, 0.25) is 0 Å². The van der Waals surface area contributed by atoms with Gasteiger partial charge in [0.25, 0.3) is 0 Å². The summed E-state index contributed by atoms with van der Waals surface area (Å²) in [4.78, 5) is 4.70. The number of para-hydroxylation sites is 2. The van der Waals surface area contributed by atoms with E-state index in [-0.39, 0.29) is 0 Å². The van der Waals surface area contributed by atoms with Crippen molar-refractivity contribution in [1.29, 1.82) is 0 Å². The number of imidazole rings is 1. The molecule has 0 amide bonds. The molecule has 1 heterocycles. The number of fused-ring (bicyclic) bond motifs is 1. The number of aliphatic hydroxyl groups is 1. The highest BCUT2D eigenvalue weighted by molar-refractivity contribution is 5.75. The Morgan fingerprint density at radius 3 is 2.67 bits per heavy atom. The molecule has 116 valence electrons. The van der Waals surface area contributed by atoms with E-state index in [4.69, 9.17) is 9.72 Å². The van der Waals surface area contributed by atoms with Gasteiger partial charge < -0.3 is 14.4 Å². The minimum atomic E-state index is -0.570. The van der Waals surface area contributed by atoms with Crippen LogP contribution in [0.15, 0.2) is 24.3 Å². The summed E-state index contributed by atoms with van der Waals surface area (Å²) >= 11 is 0. The second-order valence-electron chi connectivity index (χ2n) is 5.76. The zero-order valence-corrected chi connectivity index (χ0v) is 13.5. The SMILES string of the molecule is CCCn1c(CC(O)C(C)(CC)OC)nc2ccccc21. The maximum Gasteiger partial charge on any atom is 0.112 e. The molecule has 0 radical (unpaired) electrons. The van der Waals surface area contributed by atoms with Crippen LogP contribution < -0.4 is 0 Å². The highest BCUT2D eigenvalue weighted by Crippen LogP contribution is 2.24. The van der Waals surface area contributed by atoms with E-state index < -0.39 is 11.7 Å². The lowest BCUT2D eigenvalue weighted by Crippen LogP contribution is -2.42. The zero-order valence-electron chi connectivity index (χ0n) is 13.5. The Balaban J connectivity index is 2.35. The maximum absolute atomic E-state index is 10.6. The molecule has 1 aromatic heterocycles. The first-order chi connectivity index (χ1) is 10.1. The molecule has 2 unspecified atom stereocenters. The molecule has 0 saturated heterocycles. The Morgan fingerprint density at radius 2 is 2.05 bits per heavy atom. The Kier molecular flexibility index (Phi) is 5.01. The van der Waals surface area contributed by atoms with Crippen molar-refractivity contribution in [2.24, 2.45) is 0 Å². The maximum atomic E-state index is 10.6. The number of hydrogen-bond donors (Lipinski definition) is 1. The Labute approximate surface area is 126 Å². The quantitative estimate of drug-likeness (QED) is 0.852. The smallest absolute Gasteiger partial charge is 0.112 e. The van der Waals surface area contributed by atoms with Crippen molar-refractivity contribution < 1.29 is 9.84 Å². The average molecular weight is 290 g/mol. The fourth-order valence-electron chi connectivity index (χ4n) is 2.66. The number of aliphatic hydroxyl groups excluding tert-OH is 1. The Hall–Kier alpha value is -1.39. The molecule has 1 aromatic carbocycles. The van der Waals surface area contributed by atoms with E-state index in [0.717, 1.165) is 36.2 Å². The van der Waals surface area contributed by atoms with Crippen LogP contribution in [-0.2, 0) is 17.7 Å². The first kappa shape index (κ1) is 16.0. The largest absolute Gasteiger partial charge is 0.390 e. The van der Waals surface area contributed by atoms with Crippen LogP contribution in [0.25, 0.3) is 11.0 Å². The summed E-state index contributed by atoms with van der Waals surface area (Å²) < 4.78 is 7.72. The van der Waals surface area contributed by atoms with Crippen molar-refractivity contribution in [3.8, 4) is 0 Å². The number of aryl methyl sites for hydroxylation is 1. The number of nitrogens with zero attached hydrogens (tertiary/aromatic N) is 2. The van der Waals surface area contributed by atoms with Crippen LogP contribution in [0.1, 0.15) is 39.4 Å². The lowest BCUT2D eigenvalue weighted by molar-refractivity contribution is -0.0922. The van der Waals surface area contributed by atoms with Gasteiger partial charge in [0.15, 0.2) is 0 Å². The lowest BCUT2D eigenvalue weighted by atomic mass is 9.93. The van der Waals surface area contributed by atoms with Crippen LogP contribution >= 0.6 is 0 Å². The number of ether oxygens (including phenoxy) is 1. The van der Waals surface area contributed by atoms with Crippen LogP contribution in [0.2, 0.25) is 0 Å². The molecule has 4 nitrogen and oxygen atoms in total. The molecule has 0 spiro atoms. The van der Waals surface area contributed by atoms with Gasteiger partial charge in [-0.1, -0.05) is 26.0 Å². The fraction of sp³-hybridized carbons (Fsp3) is 0.588. The summed E-state index contributed by atoms with van der Waals surface area (Å²) in [7, 11) is 1.65. The van der Waals surface area contributed by atoms with Gasteiger partial charge in [0.1, 0.15) is 5.82 Å². The molecule has 0 fully saturated rings. The van der Waals surface area contributed by atoms with Gasteiger partial charge in [-0.2, -0.15) is 0 Å². The Bertz CT molecular complexity index is 587. The summed E-state index contributed by atoms with van der Waals surface area (Å²) in [6.45, 7) is 7.05. The van der Waals surface area contributed by atoms with Crippen LogP contribution in [0.5, 0.6) is 0 Å². The summed E-state index contributed by atoms with van der Waals surface area (Å²) in [5.41, 5.74) is 1.59. The van der Waals surface area contributed by atoms with Crippen LogP contribution in [0, 0.1) is 0 Å². The first-order valence-corrected chi connectivity index (χ1v) is 7.73. The van der Waals surface area contributed by atoms with Crippen LogP contribution in [-0.4, -0.2) is 33.5 Å². The second-order valence-corrected chi connectivity index (χ2v) is 5.76. The number of methoxy groups -OCH3 is 1. The molecule has 4 heteroatoms. The number of aromatic nitrogens is 2. The summed E-state index contributed by atoms with van der Waals surface area (Å²) in [5.74, 6) is 0.933. The molecule has 1 N–H and O–H groups in total. The molecular formula is C17H26N2O2. The second kappa shape index (κ2) is 6.58. The van der Waals surface area contributed by atoms with Crippen molar-refractivity contribution >= 4 is 11.0 Å². The summed E-state index contributed by atoms with van der Waals surface area (Å²) in [5, 5.41) is 10.6. The number of hydrogen-bond acceptors (Lipinski definition) is 3. The molecule has 21 heavy (non-hydrogen) atoms. The molecular weight excluding hydrogens is 264 g/mol. The minimum Gasteiger partial charge on any atom is -0.390 e. The third-order valence-electron chi connectivity index (χ3n) is 4.43. The monoisotopic (exact) mass is 290 g/mol. The van der Waals surface area contributed by atoms with Gasteiger partial charge in [-0.25, -0.2) is 4.98 Å². The van der Waals surface area contributed by atoms with E-state index in [0.29, 0.717) is 6.42 Å². The molecule has 0 saturated carbocycles. The third-order valence-corrected chi connectivity index (χ3v) is 4.43. The molecule has 0 aliphatic rings. The van der Waals surface area contributed by atoms with Gasteiger partial charge in [0.05, 0.1) is 22.7 Å². The molecule has 0 aliphatic heterocycles. The number of rotatable bonds is 7. The van der Waals surface area contributed by atoms with Crippen molar-refractivity contribution in [1.82, 2.24) is 9.55 Å². The number of benzene rings is 1. The van der Waals surface area contributed by atoms with Crippen LogP contribution in [0.3, 0.4) is 0 Å². The van der Waals surface area contributed by atoms with E-state index in [2.05, 4.69) is 17.6 Å². The van der Waals surface area contributed by atoms with Crippen molar-refractivity contribution in [3.05, 3.63) is 30.1 Å². The lowest BCUT2D eigenvalue weighted by Gasteiger charge is -2.32. The van der Waals surface area contributed by atoms with Gasteiger partial charge in [-0.15, -0.1) is 0 Å². The predicted octanol–water partition coefficient (Wildman–Crippen LogP) is 3.16. The van der Waals surface area contributed by atoms with E-state index in [1.165, 1.54) is 0 Å². The van der Waals surface area contributed by atoms with Gasteiger partial charge in [0, 0.05) is 20.1 Å².